The van der Waals surface area contributed by atoms with E-state index in [1.807, 2.05) is 18.2 Å². The number of nitrogens with zero attached hydrogens (tertiary/aromatic N) is 2. The molecule has 0 saturated heterocycles. The molecule has 2 rings (SSSR count). The van der Waals surface area contributed by atoms with E-state index in [0.717, 1.165) is 5.56 Å². The van der Waals surface area contributed by atoms with Crippen LogP contribution in [-0.4, -0.2) is 27.4 Å². The van der Waals surface area contributed by atoms with Crippen LogP contribution in [0.2, 0.25) is 0 Å². The molecule has 1 aromatic heterocycles. The lowest BCUT2D eigenvalue weighted by molar-refractivity contribution is -0.119. The monoisotopic (exact) mass is 283 g/mol. The van der Waals surface area contributed by atoms with E-state index in [2.05, 4.69) is 22.3 Å². The van der Waals surface area contributed by atoms with Crippen molar-refractivity contribution < 1.29 is 9.90 Å². The molecule has 0 fully saturated rings. The van der Waals surface area contributed by atoms with Crippen molar-refractivity contribution in [3.8, 4) is 11.8 Å². The zero-order valence-corrected chi connectivity index (χ0v) is 11.8. The molecule has 21 heavy (non-hydrogen) atoms. The Morgan fingerprint density at radius 1 is 1.48 bits per heavy atom. The topological polar surface area (TPSA) is 67.2 Å². The van der Waals surface area contributed by atoms with E-state index in [4.69, 9.17) is 5.11 Å². The minimum atomic E-state index is -0.385. The van der Waals surface area contributed by atoms with Crippen molar-refractivity contribution in [2.45, 2.75) is 19.4 Å². The van der Waals surface area contributed by atoms with Crippen molar-refractivity contribution >= 4 is 11.6 Å². The highest BCUT2D eigenvalue weighted by Crippen LogP contribution is 2.13. The first-order valence-electron chi connectivity index (χ1n) is 6.70. The molecule has 5 nitrogen and oxygen atoms in total. The summed E-state index contributed by atoms with van der Waals surface area (Å²) in [6.45, 7) is 1.83. The number of benzene rings is 1. The van der Waals surface area contributed by atoms with Crippen LogP contribution < -0.4 is 5.32 Å². The van der Waals surface area contributed by atoms with Gasteiger partial charge in [-0.2, -0.15) is 5.10 Å². The van der Waals surface area contributed by atoms with Gasteiger partial charge >= 0.3 is 0 Å². The SMILES string of the molecule is CC(C(=O)Nc1cccc(C#CCCO)c1)n1cccn1. The van der Waals surface area contributed by atoms with Gasteiger partial charge in [-0.25, -0.2) is 0 Å². The summed E-state index contributed by atoms with van der Waals surface area (Å²) in [5.41, 5.74) is 1.49. The van der Waals surface area contributed by atoms with Crippen molar-refractivity contribution in [1.29, 1.82) is 0 Å². The highest BCUT2D eigenvalue weighted by Gasteiger charge is 2.14. The van der Waals surface area contributed by atoms with Crippen LogP contribution in [0.3, 0.4) is 0 Å². The Morgan fingerprint density at radius 2 is 2.33 bits per heavy atom. The number of anilines is 1. The molecule has 1 unspecified atom stereocenters. The van der Waals surface area contributed by atoms with Crippen molar-refractivity contribution in [1.82, 2.24) is 9.78 Å². The number of hydrogen-bond acceptors (Lipinski definition) is 3. The molecule has 1 heterocycles. The van der Waals surface area contributed by atoms with Gasteiger partial charge < -0.3 is 10.4 Å². The maximum atomic E-state index is 12.1. The van der Waals surface area contributed by atoms with Gasteiger partial charge in [-0.3, -0.25) is 9.48 Å². The predicted molar refractivity (Wildman–Crippen MR) is 80.6 cm³/mol. The van der Waals surface area contributed by atoms with Gasteiger partial charge in [0.25, 0.3) is 0 Å². The summed E-state index contributed by atoms with van der Waals surface area (Å²) in [5.74, 6) is 5.65. The zero-order valence-electron chi connectivity index (χ0n) is 11.8. The minimum Gasteiger partial charge on any atom is -0.395 e. The zero-order chi connectivity index (χ0) is 15.1. The fraction of sp³-hybridized carbons (Fsp3) is 0.250. The van der Waals surface area contributed by atoms with Crippen molar-refractivity contribution in [3.05, 3.63) is 48.3 Å². The molecule has 2 aromatic rings. The molecule has 0 aliphatic rings. The van der Waals surface area contributed by atoms with Crippen LogP contribution in [0.1, 0.15) is 24.9 Å². The molecule has 108 valence electrons. The number of carbonyl (C=O) groups is 1. The van der Waals surface area contributed by atoms with E-state index in [9.17, 15) is 4.79 Å². The minimum absolute atomic E-state index is 0.0464. The number of carbonyl (C=O) groups excluding carboxylic acids is 1. The number of aliphatic hydroxyl groups excluding tert-OH is 1. The summed E-state index contributed by atoms with van der Waals surface area (Å²) >= 11 is 0. The largest absolute Gasteiger partial charge is 0.395 e. The Kier molecular flexibility index (Phi) is 5.13. The number of aromatic nitrogens is 2. The standard InChI is InChI=1S/C16H17N3O2/c1-13(19-10-5-9-17-19)16(21)18-15-8-4-7-14(12-15)6-2-3-11-20/h4-5,7-10,12-13,20H,3,11H2,1H3,(H,18,21). The van der Waals surface area contributed by atoms with E-state index < -0.39 is 0 Å². The summed E-state index contributed by atoms with van der Waals surface area (Å²) < 4.78 is 1.60. The highest BCUT2D eigenvalue weighted by molar-refractivity contribution is 5.93. The van der Waals surface area contributed by atoms with Gasteiger partial charge in [0.1, 0.15) is 6.04 Å². The Balaban J connectivity index is 2.04. The molecule has 0 aliphatic carbocycles. The summed E-state index contributed by atoms with van der Waals surface area (Å²) in [4.78, 5) is 12.1. The molecular weight excluding hydrogens is 266 g/mol. The van der Waals surface area contributed by atoms with Gasteiger partial charge in [-0.05, 0) is 31.2 Å². The fourth-order valence-electron chi connectivity index (χ4n) is 1.77. The third kappa shape index (κ3) is 4.20. The first kappa shape index (κ1) is 14.8. The van der Waals surface area contributed by atoms with Crippen LogP contribution in [0.5, 0.6) is 0 Å². The first-order valence-corrected chi connectivity index (χ1v) is 6.70. The molecule has 0 bridgehead atoms. The second kappa shape index (κ2) is 7.27. The molecular formula is C16H17N3O2. The average molecular weight is 283 g/mol. The van der Waals surface area contributed by atoms with Crippen molar-refractivity contribution in [2.75, 3.05) is 11.9 Å². The Morgan fingerprint density at radius 3 is 3.05 bits per heavy atom. The molecule has 0 saturated carbocycles. The van der Waals surface area contributed by atoms with E-state index >= 15 is 0 Å². The van der Waals surface area contributed by atoms with E-state index in [0.29, 0.717) is 12.1 Å². The fourth-order valence-corrected chi connectivity index (χ4v) is 1.77. The Bertz CT molecular complexity index is 654. The summed E-state index contributed by atoms with van der Waals surface area (Å²) in [5, 5.41) is 15.6. The van der Waals surface area contributed by atoms with Gasteiger partial charge in [-0.1, -0.05) is 17.9 Å². The van der Waals surface area contributed by atoms with Gasteiger partial charge in [0, 0.05) is 30.1 Å². The molecule has 2 N–H and O–H groups in total. The normalized spacial score (nSPS) is 11.3. The van der Waals surface area contributed by atoms with Crippen molar-refractivity contribution in [3.63, 3.8) is 0 Å². The number of rotatable bonds is 4. The summed E-state index contributed by atoms with van der Waals surface area (Å²) in [6.07, 6.45) is 3.83. The summed E-state index contributed by atoms with van der Waals surface area (Å²) in [7, 11) is 0. The molecule has 1 aromatic carbocycles. The summed E-state index contributed by atoms with van der Waals surface area (Å²) in [6, 6.07) is 8.70. The number of amides is 1. The average Bonchev–Trinajstić information content (AvgIpc) is 3.01. The molecule has 0 aliphatic heterocycles. The first-order chi connectivity index (χ1) is 10.2. The van der Waals surface area contributed by atoms with Crippen LogP contribution in [0, 0.1) is 11.8 Å². The second-order valence-corrected chi connectivity index (χ2v) is 4.51. The lowest BCUT2D eigenvalue weighted by atomic mass is 10.2. The second-order valence-electron chi connectivity index (χ2n) is 4.51. The third-order valence-corrected chi connectivity index (χ3v) is 2.90. The van der Waals surface area contributed by atoms with Crippen LogP contribution in [0.15, 0.2) is 42.7 Å². The quantitative estimate of drug-likeness (QED) is 0.841. The van der Waals surface area contributed by atoms with Crippen LogP contribution >= 0.6 is 0 Å². The number of hydrogen-bond donors (Lipinski definition) is 2. The Hall–Kier alpha value is -2.58. The molecule has 1 atom stereocenters. The molecule has 1 amide bonds. The van der Waals surface area contributed by atoms with Crippen molar-refractivity contribution in [2.24, 2.45) is 0 Å². The molecule has 0 spiro atoms. The molecule has 0 radical (unpaired) electrons. The smallest absolute Gasteiger partial charge is 0.248 e. The predicted octanol–water partition coefficient (Wildman–Crippen LogP) is 1.82. The lowest BCUT2D eigenvalue weighted by Crippen LogP contribution is -2.23. The highest BCUT2D eigenvalue weighted by atomic mass is 16.2. The van der Waals surface area contributed by atoms with Gasteiger partial charge in [0.2, 0.25) is 5.91 Å². The maximum absolute atomic E-state index is 12.1. The van der Waals surface area contributed by atoms with Crippen LogP contribution in [0.25, 0.3) is 0 Å². The maximum Gasteiger partial charge on any atom is 0.248 e. The lowest BCUT2D eigenvalue weighted by Gasteiger charge is -2.12. The molecule has 5 heteroatoms. The number of aliphatic hydroxyl groups is 1. The van der Waals surface area contributed by atoms with Gasteiger partial charge in [0.05, 0.1) is 6.61 Å². The Labute approximate surface area is 123 Å². The van der Waals surface area contributed by atoms with Crippen LogP contribution in [-0.2, 0) is 4.79 Å². The van der Waals surface area contributed by atoms with Gasteiger partial charge in [-0.15, -0.1) is 0 Å². The van der Waals surface area contributed by atoms with E-state index in [1.54, 1.807) is 36.1 Å². The third-order valence-electron chi connectivity index (χ3n) is 2.90. The number of nitrogens with one attached hydrogen (secondary N) is 1. The van der Waals surface area contributed by atoms with Crippen LogP contribution in [0.4, 0.5) is 5.69 Å². The van der Waals surface area contributed by atoms with E-state index in [-0.39, 0.29) is 18.6 Å². The van der Waals surface area contributed by atoms with E-state index in [1.165, 1.54) is 0 Å². The van der Waals surface area contributed by atoms with Gasteiger partial charge in [0.15, 0.2) is 0 Å².